The molecule has 0 radical (unpaired) electrons. The monoisotopic (exact) mass is 472 g/mol. The maximum atomic E-state index is 12.9. The highest BCUT2D eigenvalue weighted by Gasteiger charge is 2.53. The number of esters is 1. The van der Waals surface area contributed by atoms with E-state index in [0.29, 0.717) is 22.6 Å². The molecule has 0 saturated carbocycles. The Bertz CT molecular complexity index is 1090. The summed E-state index contributed by atoms with van der Waals surface area (Å²) >= 11 is 7.56. The normalized spacial score (nSPS) is 20.2. The third kappa shape index (κ3) is 4.33. The summed E-state index contributed by atoms with van der Waals surface area (Å²) in [5, 5.41) is 9.57. The number of carbonyl (C=O) groups is 2. The minimum atomic E-state index is -0.638. The molecule has 1 N–H and O–H groups in total. The van der Waals surface area contributed by atoms with E-state index in [2.05, 4.69) is 4.99 Å². The summed E-state index contributed by atoms with van der Waals surface area (Å²) in [4.78, 5) is 31.5. The van der Waals surface area contributed by atoms with Crippen LogP contribution in [0.25, 0.3) is 0 Å². The second kappa shape index (κ2) is 9.67. The third-order valence-corrected chi connectivity index (χ3v) is 6.86. The van der Waals surface area contributed by atoms with Crippen LogP contribution in [0.3, 0.4) is 0 Å². The van der Waals surface area contributed by atoms with Crippen LogP contribution in [0.15, 0.2) is 64.8 Å². The zero-order valence-corrected chi connectivity index (χ0v) is 18.8. The van der Waals surface area contributed by atoms with Crippen molar-refractivity contribution in [1.82, 2.24) is 4.90 Å². The van der Waals surface area contributed by atoms with Crippen molar-refractivity contribution in [1.29, 1.82) is 0 Å². The summed E-state index contributed by atoms with van der Waals surface area (Å²) in [5.41, 5.74) is 2.19. The molecule has 2 aliphatic heterocycles. The molecule has 1 fully saturated rings. The number of hydrogen-bond donors (Lipinski definition) is 1. The van der Waals surface area contributed by atoms with E-state index in [-0.39, 0.29) is 35.2 Å². The highest BCUT2D eigenvalue weighted by Crippen LogP contribution is 2.42. The van der Waals surface area contributed by atoms with Gasteiger partial charge in [0.25, 0.3) is 5.91 Å². The zero-order chi connectivity index (χ0) is 22.7. The lowest BCUT2D eigenvalue weighted by Gasteiger charge is -2.48. The second-order valence-electron chi connectivity index (χ2n) is 7.20. The number of aliphatic imine (C=N–C) groups is 1. The number of benzene rings is 2. The van der Waals surface area contributed by atoms with Crippen molar-refractivity contribution in [2.45, 2.75) is 18.0 Å². The zero-order valence-electron chi connectivity index (χ0n) is 17.2. The van der Waals surface area contributed by atoms with Gasteiger partial charge in [-0.05, 0) is 35.4 Å². The van der Waals surface area contributed by atoms with Gasteiger partial charge in [0, 0.05) is 23.4 Å². The van der Waals surface area contributed by atoms with Crippen LogP contribution < -0.4 is 4.74 Å². The average Bonchev–Trinajstić information content (AvgIpc) is 2.83. The Morgan fingerprint density at radius 2 is 2.03 bits per heavy atom. The molecule has 0 bridgehead atoms. The molecule has 0 spiro atoms. The van der Waals surface area contributed by atoms with Crippen LogP contribution in [0.5, 0.6) is 11.5 Å². The number of thioether (sulfide) groups is 1. The van der Waals surface area contributed by atoms with Gasteiger partial charge in [0.1, 0.15) is 29.2 Å². The lowest BCUT2D eigenvalue weighted by atomic mass is 10.0. The Hall–Kier alpha value is -2.97. The molecule has 7 nitrogen and oxygen atoms in total. The number of phenols is 1. The Balaban J connectivity index is 1.47. The largest absolute Gasteiger partial charge is 0.507 e. The Labute approximate surface area is 194 Å². The number of methoxy groups -OCH3 is 1. The fourth-order valence-corrected chi connectivity index (χ4v) is 5.13. The summed E-state index contributed by atoms with van der Waals surface area (Å²) in [6.45, 7) is 0.0661. The fraction of sp³-hybridized carbons (Fsp3) is 0.261. The van der Waals surface area contributed by atoms with Crippen molar-refractivity contribution in [3.05, 3.63) is 70.9 Å². The number of hydrogen-bond acceptors (Lipinski definition) is 7. The van der Waals surface area contributed by atoms with Crippen molar-refractivity contribution in [3.8, 4) is 11.5 Å². The van der Waals surface area contributed by atoms with Gasteiger partial charge in [-0.2, -0.15) is 0 Å². The van der Waals surface area contributed by atoms with Crippen molar-refractivity contribution in [2.24, 2.45) is 4.99 Å². The average molecular weight is 473 g/mol. The van der Waals surface area contributed by atoms with Crippen LogP contribution in [0.1, 0.15) is 11.1 Å². The third-order valence-electron chi connectivity index (χ3n) is 5.21. The van der Waals surface area contributed by atoms with E-state index in [0.717, 1.165) is 5.56 Å². The molecule has 2 aromatic carbocycles. The van der Waals surface area contributed by atoms with Crippen molar-refractivity contribution >= 4 is 41.5 Å². The predicted molar refractivity (Wildman–Crippen MR) is 123 cm³/mol. The number of rotatable bonds is 7. The molecule has 0 aromatic heterocycles. The number of fused-ring (bicyclic) bond motifs is 1. The van der Waals surface area contributed by atoms with Gasteiger partial charge in [-0.1, -0.05) is 24.3 Å². The summed E-state index contributed by atoms with van der Waals surface area (Å²) < 4.78 is 10.6. The number of β-lactam (4-membered cyclic amide) rings is 1. The Morgan fingerprint density at radius 3 is 2.72 bits per heavy atom. The number of aromatic hydroxyl groups is 1. The first-order valence-corrected chi connectivity index (χ1v) is 11.5. The van der Waals surface area contributed by atoms with Crippen LogP contribution in [-0.4, -0.2) is 58.3 Å². The van der Waals surface area contributed by atoms with E-state index >= 15 is 0 Å². The number of amides is 1. The molecule has 0 unspecified atom stereocenters. The number of ether oxygens (including phenoxy) is 2. The Kier molecular flexibility index (Phi) is 6.72. The number of carbonyl (C=O) groups excluding carboxylic acids is 2. The molecule has 1 amide bonds. The van der Waals surface area contributed by atoms with Gasteiger partial charge in [-0.3, -0.25) is 14.7 Å². The first kappa shape index (κ1) is 22.2. The molecular formula is C23H21ClN2O5S. The SMILES string of the molecule is COc1ccc(COC(=O)C2=C(CCl)CS[C@@H]3[C@H](N=Cc4ccccc4O)C(=O)N23)cc1. The summed E-state index contributed by atoms with van der Waals surface area (Å²) in [7, 11) is 1.58. The summed E-state index contributed by atoms with van der Waals surface area (Å²) in [6, 6.07) is 13.3. The van der Waals surface area contributed by atoms with Crippen LogP contribution in [-0.2, 0) is 20.9 Å². The standard InChI is InChI=1S/C23H21ClN2O5S/c1-30-17-8-6-14(7-9-17)12-31-23(29)20-16(10-24)13-32-22-19(21(28)26(20)22)25-11-15-4-2-3-5-18(15)27/h2-9,11,19,22,27H,10,12-13H2,1H3/t19-,22-/m1/s1. The molecule has 2 atom stereocenters. The molecule has 166 valence electrons. The maximum Gasteiger partial charge on any atom is 0.355 e. The first-order chi connectivity index (χ1) is 15.5. The molecular weight excluding hydrogens is 452 g/mol. The van der Waals surface area contributed by atoms with Gasteiger partial charge >= 0.3 is 5.97 Å². The second-order valence-corrected chi connectivity index (χ2v) is 8.57. The van der Waals surface area contributed by atoms with Crippen LogP contribution >= 0.6 is 23.4 Å². The quantitative estimate of drug-likeness (QED) is 0.288. The van der Waals surface area contributed by atoms with Gasteiger partial charge in [0.05, 0.1) is 7.11 Å². The molecule has 4 rings (SSSR count). The van der Waals surface area contributed by atoms with E-state index in [4.69, 9.17) is 21.1 Å². The van der Waals surface area contributed by atoms with E-state index in [1.807, 2.05) is 0 Å². The minimum absolute atomic E-state index is 0.0661. The van der Waals surface area contributed by atoms with Crippen LogP contribution in [0, 0.1) is 0 Å². The number of nitrogens with zero attached hydrogens (tertiary/aromatic N) is 2. The summed E-state index contributed by atoms with van der Waals surface area (Å²) in [6.07, 6.45) is 1.48. The van der Waals surface area contributed by atoms with E-state index in [1.165, 1.54) is 22.9 Å². The van der Waals surface area contributed by atoms with E-state index in [1.54, 1.807) is 55.6 Å². The molecule has 32 heavy (non-hydrogen) atoms. The number of para-hydroxylation sites is 1. The number of halogens is 1. The molecule has 2 aliphatic rings. The van der Waals surface area contributed by atoms with Crippen LogP contribution in [0.4, 0.5) is 0 Å². The van der Waals surface area contributed by atoms with E-state index in [9.17, 15) is 14.7 Å². The highest BCUT2D eigenvalue weighted by molar-refractivity contribution is 8.00. The first-order valence-electron chi connectivity index (χ1n) is 9.87. The summed E-state index contributed by atoms with van der Waals surface area (Å²) in [5.74, 6) is 0.547. The molecule has 2 aromatic rings. The van der Waals surface area contributed by atoms with Crippen molar-refractivity contribution in [3.63, 3.8) is 0 Å². The molecule has 9 heteroatoms. The Morgan fingerprint density at radius 1 is 1.28 bits per heavy atom. The van der Waals surface area contributed by atoms with Crippen molar-refractivity contribution in [2.75, 3.05) is 18.7 Å². The van der Waals surface area contributed by atoms with Crippen molar-refractivity contribution < 1.29 is 24.2 Å². The number of phenolic OH excluding ortho intramolecular Hbond substituents is 1. The fourth-order valence-electron chi connectivity index (χ4n) is 3.45. The predicted octanol–water partition coefficient (Wildman–Crippen LogP) is 3.34. The smallest absolute Gasteiger partial charge is 0.355 e. The minimum Gasteiger partial charge on any atom is -0.507 e. The molecule has 0 aliphatic carbocycles. The van der Waals surface area contributed by atoms with E-state index < -0.39 is 12.0 Å². The van der Waals surface area contributed by atoms with Crippen LogP contribution in [0.2, 0.25) is 0 Å². The highest BCUT2D eigenvalue weighted by atomic mass is 35.5. The van der Waals surface area contributed by atoms with Gasteiger partial charge in [-0.25, -0.2) is 4.79 Å². The van der Waals surface area contributed by atoms with Gasteiger partial charge in [0.2, 0.25) is 0 Å². The van der Waals surface area contributed by atoms with Gasteiger partial charge < -0.3 is 14.6 Å². The van der Waals surface area contributed by atoms with Gasteiger partial charge in [0.15, 0.2) is 6.04 Å². The lowest BCUT2D eigenvalue weighted by molar-refractivity contribution is -0.151. The topological polar surface area (TPSA) is 88.4 Å². The number of alkyl halides is 1. The maximum absolute atomic E-state index is 12.9. The lowest BCUT2D eigenvalue weighted by Crippen LogP contribution is -2.64. The van der Waals surface area contributed by atoms with Gasteiger partial charge in [-0.15, -0.1) is 23.4 Å². The molecule has 2 heterocycles. The molecule has 1 saturated heterocycles.